The highest BCUT2D eigenvalue weighted by molar-refractivity contribution is 5.99. The lowest BCUT2D eigenvalue weighted by Crippen LogP contribution is -2.30. The lowest BCUT2D eigenvalue weighted by Gasteiger charge is -2.18. The second-order valence-corrected chi connectivity index (χ2v) is 4.93. The molecule has 0 saturated carbocycles. The number of benzene rings is 1. The molecule has 18 heavy (non-hydrogen) atoms. The number of nitrogens with zero attached hydrogens (tertiary/aromatic N) is 1. The molecule has 0 saturated heterocycles. The van der Waals surface area contributed by atoms with Gasteiger partial charge < -0.3 is 10.5 Å². The topological polar surface area (TPSA) is 76.7 Å². The second-order valence-electron chi connectivity index (χ2n) is 4.93. The molecule has 0 bridgehead atoms. The Morgan fingerprint density at radius 1 is 1.28 bits per heavy atom. The molecule has 0 aliphatic carbocycles. The standard InChI is InChI=1S/C13H19N3O2/c1-9(10-5-7-11(14)8-6-10)15-16-12(17)18-13(2,3)4/h5-8H,14H2,1-4H3,(H,16,17)/b15-9-. The summed E-state index contributed by atoms with van der Waals surface area (Å²) in [4.78, 5) is 11.4. The van der Waals surface area contributed by atoms with Crippen molar-refractivity contribution < 1.29 is 9.53 Å². The van der Waals surface area contributed by atoms with Gasteiger partial charge in [0.2, 0.25) is 0 Å². The van der Waals surface area contributed by atoms with Crippen LogP contribution in [-0.4, -0.2) is 17.4 Å². The van der Waals surface area contributed by atoms with E-state index in [1.807, 2.05) is 12.1 Å². The molecular formula is C13H19N3O2. The fraction of sp³-hybridized carbons (Fsp3) is 0.385. The van der Waals surface area contributed by atoms with Gasteiger partial charge in [0.1, 0.15) is 5.60 Å². The van der Waals surface area contributed by atoms with E-state index < -0.39 is 11.7 Å². The van der Waals surface area contributed by atoms with E-state index in [-0.39, 0.29) is 0 Å². The van der Waals surface area contributed by atoms with Crippen molar-refractivity contribution in [3.05, 3.63) is 29.8 Å². The van der Waals surface area contributed by atoms with Crippen LogP contribution in [-0.2, 0) is 4.74 Å². The van der Waals surface area contributed by atoms with Gasteiger partial charge in [0.05, 0.1) is 5.71 Å². The summed E-state index contributed by atoms with van der Waals surface area (Å²) >= 11 is 0. The fourth-order valence-corrected chi connectivity index (χ4v) is 1.22. The van der Waals surface area contributed by atoms with Gasteiger partial charge in [-0.05, 0) is 45.4 Å². The highest BCUT2D eigenvalue weighted by Crippen LogP contribution is 2.08. The molecule has 0 radical (unpaired) electrons. The van der Waals surface area contributed by atoms with Gasteiger partial charge in [-0.1, -0.05) is 12.1 Å². The highest BCUT2D eigenvalue weighted by atomic mass is 16.6. The number of ether oxygens (including phenoxy) is 1. The Balaban J connectivity index is 2.62. The van der Waals surface area contributed by atoms with Gasteiger partial charge in [0.25, 0.3) is 0 Å². The smallest absolute Gasteiger partial charge is 0.428 e. The van der Waals surface area contributed by atoms with Crippen LogP contribution in [0.25, 0.3) is 0 Å². The minimum absolute atomic E-state index is 0.533. The maximum Gasteiger partial charge on any atom is 0.428 e. The molecule has 0 unspecified atom stereocenters. The SMILES string of the molecule is C/C(=N/NC(=O)OC(C)(C)C)c1ccc(N)cc1. The van der Waals surface area contributed by atoms with E-state index >= 15 is 0 Å². The van der Waals surface area contributed by atoms with Crippen molar-refractivity contribution >= 4 is 17.5 Å². The summed E-state index contributed by atoms with van der Waals surface area (Å²) in [7, 11) is 0. The van der Waals surface area contributed by atoms with E-state index in [1.165, 1.54) is 0 Å². The van der Waals surface area contributed by atoms with E-state index in [4.69, 9.17) is 10.5 Å². The van der Waals surface area contributed by atoms with Crippen LogP contribution in [0.2, 0.25) is 0 Å². The molecule has 1 aromatic rings. The van der Waals surface area contributed by atoms with Gasteiger partial charge in [-0.25, -0.2) is 10.2 Å². The molecule has 1 rings (SSSR count). The molecular weight excluding hydrogens is 230 g/mol. The average molecular weight is 249 g/mol. The van der Waals surface area contributed by atoms with E-state index in [2.05, 4.69) is 10.5 Å². The molecule has 0 fully saturated rings. The number of nitrogens with two attached hydrogens (primary N) is 1. The molecule has 0 spiro atoms. The Labute approximate surface area is 107 Å². The number of carbonyl (C=O) groups excluding carboxylic acids is 1. The molecule has 1 amide bonds. The van der Waals surface area contributed by atoms with Gasteiger partial charge in [0, 0.05) is 5.69 Å². The minimum Gasteiger partial charge on any atom is -0.443 e. The largest absolute Gasteiger partial charge is 0.443 e. The van der Waals surface area contributed by atoms with Crippen molar-refractivity contribution in [1.29, 1.82) is 0 Å². The van der Waals surface area contributed by atoms with E-state index in [9.17, 15) is 4.79 Å². The minimum atomic E-state index is -0.572. The predicted molar refractivity (Wildman–Crippen MR) is 72.4 cm³/mol. The van der Waals surface area contributed by atoms with E-state index in [1.54, 1.807) is 39.8 Å². The third-order valence-corrected chi connectivity index (χ3v) is 2.04. The van der Waals surface area contributed by atoms with Gasteiger partial charge in [0.15, 0.2) is 0 Å². The maximum atomic E-state index is 11.4. The number of nitrogen functional groups attached to an aromatic ring is 1. The zero-order chi connectivity index (χ0) is 13.8. The van der Waals surface area contributed by atoms with Crippen LogP contribution in [0.15, 0.2) is 29.4 Å². The Morgan fingerprint density at radius 2 is 1.83 bits per heavy atom. The number of rotatable bonds is 2. The van der Waals surface area contributed by atoms with Crippen LogP contribution < -0.4 is 11.2 Å². The van der Waals surface area contributed by atoms with Crippen LogP contribution in [0.3, 0.4) is 0 Å². The Hall–Kier alpha value is -2.04. The fourth-order valence-electron chi connectivity index (χ4n) is 1.22. The second kappa shape index (κ2) is 5.53. The number of nitrogens with one attached hydrogen (secondary N) is 1. The summed E-state index contributed by atoms with van der Waals surface area (Å²) in [6.45, 7) is 7.18. The number of hydrazone groups is 1. The average Bonchev–Trinajstić information content (AvgIpc) is 2.24. The van der Waals surface area contributed by atoms with Crippen LogP contribution >= 0.6 is 0 Å². The van der Waals surface area contributed by atoms with Crippen molar-refractivity contribution in [3.8, 4) is 0 Å². The van der Waals surface area contributed by atoms with Crippen LogP contribution in [0.5, 0.6) is 0 Å². The first kappa shape index (κ1) is 14.0. The summed E-state index contributed by atoms with van der Waals surface area (Å²) in [5, 5.41) is 3.96. The molecule has 0 heterocycles. The maximum absolute atomic E-state index is 11.4. The van der Waals surface area contributed by atoms with Crippen molar-refractivity contribution in [3.63, 3.8) is 0 Å². The summed E-state index contributed by atoms with van der Waals surface area (Å²) in [6, 6.07) is 7.24. The first-order valence-electron chi connectivity index (χ1n) is 5.67. The molecule has 5 nitrogen and oxygen atoms in total. The Bertz CT molecular complexity index is 444. The molecule has 0 aliphatic heterocycles. The van der Waals surface area contributed by atoms with Crippen molar-refractivity contribution in [2.45, 2.75) is 33.3 Å². The molecule has 5 heteroatoms. The molecule has 0 atom stereocenters. The van der Waals surface area contributed by atoms with Gasteiger partial charge in [-0.2, -0.15) is 5.10 Å². The number of carbonyl (C=O) groups is 1. The summed E-state index contributed by atoms with van der Waals surface area (Å²) in [6.07, 6.45) is -0.572. The molecule has 3 N–H and O–H groups in total. The lowest BCUT2D eigenvalue weighted by molar-refractivity contribution is 0.0529. The third kappa shape index (κ3) is 4.86. The summed E-state index contributed by atoms with van der Waals surface area (Å²) < 4.78 is 5.07. The zero-order valence-corrected chi connectivity index (χ0v) is 11.2. The van der Waals surface area contributed by atoms with E-state index in [0.717, 1.165) is 5.56 Å². The van der Waals surface area contributed by atoms with Gasteiger partial charge >= 0.3 is 6.09 Å². The zero-order valence-electron chi connectivity index (χ0n) is 11.2. The van der Waals surface area contributed by atoms with Crippen molar-refractivity contribution in [1.82, 2.24) is 5.43 Å². The molecule has 1 aromatic carbocycles. The first-order chi connectivity index (χ1) is 8.28. The number of anilines is 1. The number of hydrogen-bond acceptors (Lipinski definition) is 4. The normalized spacial score (nSPS) is 12.1. The quantitative estimate of drug-likeness (QED) is 0.480. The van der Waals surface area contributed by atoms with Crippen molar-refractivity contribution in [2.24, 2.45) is 5.10 Å². The summed E-state index contributed by atoms with van der Waals surface area (Å²) in [5.41, 5.74) is 9.66. The summed E-state index contributed by atoms with van der Waals surface area (Å²) in [5.74, 6) is 0. The first-order valence-corrected chi connectivity index (χ1v) is 5.67. The Kier molecular flexibility index (Phi) is 4.31. The van der Waals surface area contributed by atoms with E-state index in [0.29, 0.717) is 11.4 Å². The van der Waals surface area contributed by atoms with Crippen LogP contribution in [0.1, 0.15) is 33.3 Å². The molecule has 0 aromatic heterocycles. The van der Waals surface area contributed by atoms with Crippen molar-refractivity contribution in [2.75, 3.05) is 5.73 Å². The van der Waals surface area contributed by atoms with Gasteiger partial charge in [-0.15, -0.1) is 0 Å². The molecule has 0 aliphatic rings. The lowest BCUT2D eigenvalue weighted by atomic mass is 10.1. The highest BCUT2D eigenvalue weighted by Gasteiger charge is 2.15. The van der Waals surface area contributed by atoms with Crippen LogP contribution in [0, 0.1) is 0 Å². The predicted octanol–water partition coefficient (Wildman–Crippen LogP) is 2.52. The Morgan fingerprint density at radius 3 is 2.33 bits per heavy atom. The van der Waals surface area contributed by atoms with Crippen LogP contribution in [0.4, 0.5) is 10.5 Å². The number of hydrogen-bond donors (Lipinski definition) is 2. The third-order valence-electron chi connectivity index (χ3n) is 2.04. The molecule has 98 valence electrons. The van der Waals surface area contributed by atoms with Gasteiger partial charge in [-0.3, -0.25) is 0 Å². The monoisotopic (exact) mass is 249 g/mol. The number of amides is 1.